The smallest absolute Gasteiger partial charge is 0.270 e. The van der Waals surface area contributed by atoms with Crippen LogP contribution < -0.4 is 5.73 Å². The van der Waals surface area contributed by atoms with Crippen molar-refractivity contribution in [1.82, 2.24) is 9.88 Å². The Bertz CT molecular complexity index is 586. The van der Waals surface area contributed by atoms with E-state index in [1.165, 1.54) is 0 Å². The van der Waals surface area contributed by atoms with Gasteiger partial charge in [0.15, 0.2) is 0 Å². The van der Waals surface area contributed by atoms with Gasteiger partial charge in [0.2, 0.25) is 0 Å². The third-order valence-electron chi connectivity index (χ3n) is 3.27. The van der Waals surface area contributed by atoms with Gasteiger partial charge in [0.25, 0.3) is 5.91 Å². The molecule has 0 aliphatic rings. The SMILES string of the molecule is CCCN(C(=O)c1cc2cccc(N)c2[nH]1)C(C)C. The first-order valence-electron chi connectivity index (χ1n) is 6.72. The molecule has 0 saturated carbocycles. The van der Waals surface area contributed by atoms with Crippen molar-refractivity contribution in [2.24, 2.45) is 0 Å². The summed E-state index contributed by atoms with van der Waals surface area (Å²) < 4.78 is 0. The van der Waals surface area contributed by atoms with E-state index in [-0.39, 0.29) is 11.9 Å². The maximum atomic E-state index is 12.5. The minimum absolute atomic E-state index is 0.0347. The molecule has 19 heavy (non-hydrogen) atoms. The fraction of sp³-hybridized carbons (Fsp3) is 0.400. The molecule has 0 fully saturated rings. The van der Waals surface area contributed by atoms with Gasteiger partial charge in [0.05, 0.1) is 11.2 Å². The van der Waals surface area contributed by atoms with Crippen molar-refractivity contribution in [3.05, 3.63) is 30.0 Å². The molecule has 1 amide bonds. The van der Waals surface area contributed by atoms with Gasteiger partial charge in [-0.3, -0.25) is 4.79 Å². The molecule has 2 rings (SSSR count). The highest BCUT2D eigenvalue weighted by Crippen LogP contribution is 2.22. The number of rotatable bonds is 4. The van der Waals surface area contributed by atoms with Crippen molar-refractivity contribution in [3.8, 4) is 0 Å². The number of amides is 1. The van der Waals surface area contributed by atoms with Gasteiger partial charge in [0.1, 0.15) is 5.69 Å². The Kier molecular flexibility index (Phi) is 3.79. The van der Waals surface area contributed by atoms with Crippen molar-refractivity contribution in [3.63, 3.8) is 0 Å². The van der Waals surface area contributed by atoms with E-state index in [1.807, 2.05) is 43.0 Å². The lowest BCUT2D eigenvalue weighted by molar-refractivity contribution is 0.0701. The van der Waals surface area contributed by atoms with Crippen LogP contribution >= 0.6 is 0 Å². The predicted molar refractivity (Wildman–Crippen MR) is 79.2 cm³/mol. The van der Waals surface area contributed by atoms with E-state index in [1.54, 1.807) is 0 Å². The van der Waals surface area contributed by atoms with E-state index in [4.69, 9.17) is 5.73 Å². The number of nitrogens with zero attached hydrogens (tertiary/aromatic N) is 1. The Morgan fingerprint density at radius 3 is 2.74 bits per heavy atom. The summed E-state index contributed by atoms with van der Waals surface area (Å²) in [4.78, 5) is 17.5. The number of carbonyl (C=O) groups is 1. The third kappa shape index (κ3) is 2.57. The first-order chi connectivity index (χ1) is 9.04. The largest absolute Gasteiger partial charge is 0.397 e. The maximum absolute atomic E-state index is 12.5. The fourth-order valence-corrected chi connectivity index (χ4v) is 2.28. The highest BCUT2D eigenvalue weighted by atomic mass is 16.2. The maximum Gasteiger partial charge on any atom is 0.270 e. The molecule has 0 atom stereocenters. The number of nitrogens with one attached hydrogen (secondary N) is 1. The highest BCUT2D eigenvalue weighted by Gasteiger charge is 2.19. The van der Waals surface area contributed by atoms with Gasteiger partial charge in [-0.2, -0.15) is 0 Å². The second-order valence-corrected chi connectivity index (χ2v) is 5.09. The van der Waals surface area contributed by atoms with Gasteiger partial charge in [-0.25, -0.2) is 0 Å². The van der Waals surface area contributed by atoms with Gasteiger partial charge in [-0.05, 0) is 32.4 Å². The first kappa shape index (κ1) is 13.5. The lowest BCUT2D eigenvalue weighted by Gasteiger charge is -2.25. The Morgan fingerprint density at radius 2 is 2.16 bits per heavy atom. The standard InChI is InChI=1S/C15H21N3O/c1-4-8-18(10(2)3)15(19)13-9-11-6-5-7-12(16)14(11)17-13/h5-7,9-10,17H,4,8,16H2,1-3H3. The van der Waals surface area contributed by atoms with E-state index < -0.39 is 0 Å². The number of para-hydroxylation sites is 1. The quantitative estimate of drug-likeness (QED) is 0.829. The van der Waals surface area contributed by atoms with Gasteiger partial charge in [-0.15, -0.1) is 0 Å². The fourth-order valence-electron chi connectivity index (χ4n) is 2.28. The Labute approximate surface area is 113 Å². The van der Waals surface area contributed by atoms with Gasteiger partial charge < -0.3 is 15.6 Å². The average molecular weight is 259 g/mol. The molecule has 0 aliphatic heterocycles. The molecule has 4 heteroatoms. The molecule has 2 aromatic rings. The zero-order valence-corrected chi connectivity index (χ0v) is 11.7. The van der Waals surface area contributed by atoms with E-state index in [0.29, 0.717) is 11.4 Å². The summed E-state index contributed by atoms with van der Waals surface area (Å²) in [6.45, 7) is 6.91. The summed E-state index contributed by atoms with van der Waals surface area (Å²) >= 11 is 0. The lowest BCUT2D eigenvalue weighted by Crippen LogP contribution is -2.37. The highest BCUT2D eigenvalue weighted by molar-refractivity contribution is 6.00. The lowest BCUT2D eigenvalue weighted by atomic mass is 10.2. The molecule has 0 unspecified atom stereocenters. The Hall–Kier alpha value is -1.97. The number of nitrogen functional groups attached to an aromatic ring is 1. The Balaban J connectivity index is 2.38. The molecule has 0 spiro atoms. The van der Waals surface area contributed by atoms with Gasteiger partial charge in [0, 0.05) is 18.0 Å². The summed E-state index contributed by atoms with van der Waals surface area (Å²) in [5, 5.41) is 0.976. The van der Waals surface area contributed by atoms with Crippen LogP contribution in [-0.2, 0) is 0 Å². The molecule has 1 heterocycles. The van der Waals surface area contributed by atoms with Crippen LogP contribution in [-0.4, -0.2) is 28.4 Å². The number of hydrogen-bond acceptors (Lipinski definition) is 2. The molecule has 0 aliphatic carbocycles. The van der Waals surface area contributed by atoms with Crippen molar-refractivity contribution in [2.75, 3.05) is 12.3 Å². The van der Waals surface area contributed by atoms with E-state index >= 15 is 0 Å². The molecule has 4 nitrogen and oxygen atoms in total. The second-order valence-electron chi connectivity index (χ2n) is 5.09. The number of nitrogens with two attached hydrogens (primary N) is 1. The van der Waals surface area contributed by atoms with Crippen molar-refractivity contribution in [2.45, 2.75) is 33.2 Å². The molecular formula is C15H21N3O. The molecular weight excluding hydrogens is 238 g/mol. The number of carbonyl (C=O) groups excluding carboxylic acids is 1. The molecule has 1 aromatic carbocycles. The number of fused-ring (bicyclic) bond motifs is 1. The Morgan fingerprint density at radius 1 is 1.42 bits per heavy atom. The van der Waals surface area contributed by atoms with Crippen LogP contribution in [0.2, 0.25) is 0 Å². The van der Waals surface area contributed by atoms with E-state index in [2.05, 4.69) is 11.9 Å². The van der Waals surface area contributed by atoms with Crippen LogP contribution in [0.25, 0.3) is 10.9 Å². The van der Waals surface area contributed by atoms with Gasteiger partial charge in [-0.1, -0.05) is 19.1 Å². The zero-order valence-electron chi connectivity index (χ0n) is 11.7. The monoisotopic (exact) mass is 259 g/mol. The molecule has 102 valence electrons. The summed E-state index contributed by atoms with van der Waals surface area (Å²) in [5.41, 5.74) is 8.02. The van der Waals surface area contributed by atoms with Crippen molar-refractivity contribution >= 4 is 22.5 Å². The third-order valence-corrected chi connectivity index (χ3v) is 3.27. The van der Waals surface area contributed by atoms with Crippen molar-refractivity contribution < 1.29 is 4.79 Å². The average Bonchev–Trinajstić information content (AvgIpc) is 2.80. The summed E-state index contributed by atoms with van der Waals surface area (Å²) in [7, 11) is 0. The summed E-state index contributed by atoms with van der Waals surface area (Å²) in [6.07, 6.45) is 0.951. The van der Waals surface area contributed by atoms with Crippen LogP contribution in [0.15, 0.2) is 24.3 Å². The number of H-pyrrole nitrogens is 1. The number of benzene rings is 1. The predicted octanol–water partition coefficient (Wildman–Crippen LogP) is 3.01. The number of anilines is 1. The minimum Gasteiger partial charge on any atom is -0.397 e. The number of hydrogen-bond donors (Lipinski definition) is 2. The van der Waals surface area contributed by atoms with Crippen LogP contribution in [0.5, 0.6) is 0 Å². The second kappa shape index (κ2) is 5.34. The molecule has 0 radical (unpaired) electrons. The summed E-state index contributed by atoms with van der Waals surface area (Å²) in [6, 6.07) is 7.75. The topological polar surface area (TPSA) is 62.1 Å². The number of aromatic nitrogens is 1. The minimum atomic E-state index is 0.0347. The van der Waals surface area contributed by atoms with Crippen LogP contribution in [0.1, 0.15) is 37.7 Å². The van der Waals surface area contributed by atoms with Crippen LogP contribution in [0.4, 0.5) is 5.69 Å². The zero-order chi connectivity index (χ0) is 14.0. The molecule has 3 N–H and O–H groups in total. The van der Waals surface area contributed by atoms with E-state index in [9.17, 15) is 4.79 Å². The normalized spacial score (nSPS) is 11.2. The first-order valence-corrected chi connectivity index (χ1v) is 6.72. The van der Waals surface area contributed by atoms with Crippen LogP contribution in [0, 0.1) is 0 Å². The van der Waals surface area contributed by atoms with Gasteiger partial charge >= 0.3 is 0 Å². The molecule has 0 saturated heterocycles. The van der Waals surface area contributed by atoms with Crippen LogP contribution in [0.3, 0.4) is 0 Å². The number of aromatic amines is 1. The van der Waals surface area contributed by atoms with E-state index in [0.717, 1.165) is 23.9 Å². The summed E-state index contributed by atoms with van der Waals surface area (Å²) in [5.74, 6) is 0.0347. The molecule has 0 bridgehead atoms. The molecule has 1 aromatic heterocycles. The van der Waals surface area contributed by atoms with Crippen molar-refractivity contribution in [1.29, 1.82) is 0 Å².